The lowest BCUT2D eigenvalue weighted by molar-refractivity contribution is 0.0956. The molecule has 2 unspecified atom stereocenters. The van der Waals surface area contributed by atoms with Gasteiger partial charge in [-0.25, -0.2) is 0 Å². The lowest BCUT2D eigenvalue weighted by atomic mass is 10.0. The number of carbonyl (C=O) groups is 1. The van der Waals surface area contributed by atoms with Crippen molar-refractivity contribution in [1.82, 2.24) is 0 Å². The van der Waals surface area contributed by atoms with E-state index in [1.54, 1.807) is 0 Å². The zero-order valence-corrected chi connectivity index (χ0v) is 11.9. The number of hydrogen-bond acceptors (Lipinski definition) is 1. The normalized spacial score (nSPS) is 28.8. The van der Waals surface area contributed by atoms with Crippen LogP contribution in [0.1, 0.15) is 61.4 Å². The molecule has 0 aliphatic heterocycles. The molecule has 0 radical (unpaired) electrons. The Morgan fingerprint density at radius 3 is 2.32 bits per heavy atom. The summed E-state index contributed by atoms with van der Waals surface area (Å²) >= 11 is 0. The van der Waals surface area contributed by atoms with Crippen molar-refractivity contribution in [3.8, 4) is 0 Å². The van der Waals surface area contributed by atoms with E-state index < -0.39 is 0 Å². The van der Waals surface area contributed by atoms with Gasteiger partial charge in [0.1, 0.15) is 0 Å². The van der Waals surface area contributed by atoms with E-state index in [2.05, 4.69) is 31.2 Å². The second kappa shape index (κ2) is 5.48. The molecular formula is C18H24O. The molecule has 2 atom stereocenters. The fourth-order valence-corrected chi connectivity index (χ4v) is 3.79. The first-order valence-corrected chi connectivity index (χ1v) is 7.94. The molecule has 0 bridgehead atoms. The Morgan fingerprint density at radius 2 is 1.74 bits per heavy atom. The minimum Gasteiger partial charge on any atom is -0.294 e. The SMILES string of the molecule is CCCCc1ccc(C(=O)C2C3CCCCC32)cc1. The summed E-state index contributed by atoms with van der Waals surface area (Å²) in [5.74, 6) is 2.23. The zero-order chi connectivity index (χ0) is 13.2. The van der Waals surface area contributed by atoms with E-state index in [0.717, 1.165) is 23.8 Å². The lowest BCUT2D eigenvalue weighted by Crippen LogP contribution is -2.04. The third kappa shape index (κ3) is 2.61. The van der Waals surface area contributed by atoms with Gasteiger partial charge in [0.25, 0.3) is 0 Å². The first kappa shape index (κ1) is 12.9. The predicted molar refractivity (Wildman–Crippen MR) is 78.3 cm³/mol. The van der Waals surface area contributed by atoms with Crippen molar-refractivity contribution in [2.24, 2.45) is 17.8 Å². The van der Waals surface area contributed by atoms with Crippen LogP contribution in [0.3, 0.4) is 0 Å². The first-order valence-electron chi connectivity index (χ1n) is 7.94. The molecule has 0 saturated heterocycles. The van der Waals surface area contributed by atoms with Crippen LogP contribution in [-0.2, 0) is 6.42 Å². The number of carbonyl (C=O) groups excluding carboxylic acids is 1. The van der Waals surface area contributed by atoms with Crippen LogP contribution in [-0.4, -0.2) is 5.78 Å². The molecule has 0 heterocycles. The van der Waals surface area contributed by atoms with Crippen LogP contribution in [0.4, 0.5) is 0 Å². The van der Waals surface area contributed by atoms with Crippen molar-refractivity contribution < 1.29 is 4.79 Å². The van der Waals surface area contributed by atoms with Crippen LogP contribution in [0.5, 0.6) is 0 Å². The molecule has 2 aliphatic carbocycles. The predicted octanol–water partition coefficient (Wildman–Crippen LogP) is 4.65. The summed E-state index contributed by atoms with van der Waals surface area (Å²) in [4.78, 5) is 12.5. The summed E-state index contributed by atoms with van der Waals surface area (Å²) in [6.07, 6.45) is 8.85. The Morgan fingerprint density at radius 1 is 1.11 bits per heavy atom. The zero-order valence-electron chi connectivity index (χ0n) is 11.9. The van der Waals surface area contributed by atoms with E-state index in [1.165, 1.54) is 44.1 Å². The lowest BCUT2D eigenvalue weighted by Gasteiger charge is -2.04. The van der Waals surface area contributed by atoms with E-state index in [4.69, 9.17) is 0 Å². The van der Waals surface area contributed by atoms with Crippen LogP contribution in [0.15, 0.2) is 24.3 Å². The molecular weight excluding hydrogens is 232 g/mol. The highest BCUT2D eigenvalue weighted by Gasteiger charge is 2.54. The second-order valence-electron chi connectivity index (χ2n) is 6.30. The standard InChI is InChI=1S/C18H24O/c1-2-3-6-13-9-11-14(12-10-13)18(19)17-15-7-4-5-8-16(15)17/h9-12,15-17H,2-8H2,1H3. The van der Waals surface area contributed by atoms with E-state index in [-0.39, 0.29) is 0 Å². The number of unbranched alkanes of at least 4 members (excludes halogenated alkanes) is 1. The third-order valence-electron chi connectivity index (χ3n) is 5.02. The maximum atomic E-state index is 12.5. The summed E-state index contributed by atoms with van der Waals surface area (Å²) in [5, 5.41) is 0. The van der Waals surface area contributed by atoms with Crippen molar-refractivity contribution >= 4 is 5.78 Å². The van der Waals surface area contributed by atoms with Crippen LogP contribution in [0.2, 0.25) is 0 Å². The first-order chi connectivity index (χ1) is 9.31. The number of ketones is 1. The average molecular weight is 256 g/mol. The quantitative estimate of drug-likeness (QED) is 0.701. The molecule has 0 amide bonds. The van der Waals surface area contributed by atoms with E-state index in [9.17, 15) is 4.79 Å². The minimum absolute atomic E-state index is 0.365. The summed E-state index contributed by atoms with van der Waals surface area (Å²) in [6, 6.07) is 8.40. The van der Waals surface area contributed by atoms with Gasteiger partial charge in [-0.3, -0.25) is 4.79 Å². The van der Waals surface area contributed by atoms with Gasteiger partial charge in [0.15, 0.2) is 5.78 Å². The molecule has 3 rings (SSSR count). The van der Waals surface area contributed by atoms with Crippen LogP contribution >= 0.6 is 0 Å². The van der Waals surface area contributed by atoms with Crippen molar-refractivity contribution in [2.75, 3.05) is 0 Å². The van der Waals surface area contributed by atoms with E-state index in [0.29, 0.717) is 11.7 Å². The van der Waals surface area contributed by atoms with Gasteiger partial charge in [-0.1, -0.05) is 50.5 Å². The van der Waals surface area contributed by atoms with Gasteiger partial charge in [0.05, 0.1) is 0 Å². The molecule has 1 aromatic rings. The number of benzene rings is 1. The number of Topliss-reactive ketones (excluding diaryl/α,β-unsaturated/α-hetero) is 1. The maximum absolute atomic E-state index is 12.5. The smallest absolute Gasteiger partial charge is 0.166 e. The summed E-state index contributed by atoms with van der Waals surface area (Å²) in [6.45, 7) is 2.22. The van der Waals surface area contributed by atoms with Crippen LogP contribution in [0.25, 0.3) is 0 Å². The van der Waals surface area contributed by atoms with Gasteiger partial charge in [0.2, 0.25) is 0 Å². The van der Waals surface area contributed by atoms with Gasteiger partial charge < -0.3 is 0 Å². The van der Waals surface area contributed by atoms with Gasteiger partial charge in [0, 0.05) is 11.5 Å². The molecule has 0 aromatic heterocycles. The number of rotatable bonds is 5. The van der Waals surface area contributed by atoms with Crippen molar-refractivity contribution in [1.29, 1.82) is 0 Å². The monoisotopic (exact) mass is 256 g/mol. The molecule has 2 saturated carbocycles. The highest BCUT2D eigenvalue weighted by Crippen LogP contribution is 2.56. The highest BCUT2D eigenvalue weighted by molar-refractivity contribution is 6.00. The van der Waals surface area contributed by atoms with Crippen LogP contribution < -0.4 is 0 Å². The Kier molecular flexibility index (Phi) is 3.72. The van der Waals surface area contributed by atoms with Gasteiger partial charge in [-0.2, -0.15) is 0 Å². The van der Waals surface area contributed by atoms with Gasteiger partial charge in [-0.05, 0) is 43.1 Å². The number of fused-ring (bicyclic) bond motifs is 1. The number of hydrogen-bond donors (Lipinski definition) is 0. The Balaban J connectivity index is 1.64. The van der Waals surface area contributed by atoms with E-state index in [1.807, 2.05) is 0 Å². The third-order valence-corrected chi connectivity index (χ3v) is 5.02. The topological polar surface area (TPSA) is 17.1 Å². The fourth-order valence-electron chi connectivity index (χ4n) is 3.79. The maximum Gasteiger partial charge on any atom is 0.166 e. The molecule has 2 aliphatic rings. The molecule has 1 nitrogen and oxygen atoms in total. The molecule has 2 fully saturated rings. The molecule has 19 heavy (non-hydrogen) atoms. The summed E-state index contributed by atoms with van der Waals surface area (Å²) < 4.78 is 0. The second-order valence-corrected chi connectivity index (χ2v) is 6.30. The van der Waals surface area contributed by atoms with Crippen molar-refractivity contribution in [3.05, 3.63) is 35.4 Å². The Bertz CT molecular complexity index is 433. The molecule has 0 spiro atoms. The fraction of sp³-hybridized carbons (Fsp3) is 0.611. The highest BCUT2D eigenvalue weighted by atomic mass is 16.1. The average Bonchev–Trinajstić information content (AvgIpc) is 3.19. The van der Waals surface area contributed by atoms with E-state index >= 15 is 0 Å². The van der Waals surface area contributed by atoms with Crippen LogP contribution in [0, 0.1) is 17.8 Å². The number of aryl methyl sites for hydroxylation is 1. The summed E-state index contributed by atoms with van der Waals surface area (Å²) in [7, 11) is 0. The van der Waals surface area contributed by atoms with Crippen molar-refractivity contribution in [2.45, 2.75) is 51.9 Å². The Hall–Kier alpha value is -1.11. The van der Waals surface area contributed by atoms with Gasteiger partial charge in [-0.15, -0.1) is 0 Å². The Labute approximate surface area is 116 Å². The van der Waals surface area contributed by atoms with Gasteiger partial charge >= 0.3 is 0 Å². The molecule has 1 aromatic carbocycles. The summed E-state index contributed by atoms with van der Waals surface area (Å²) in [5.41, 5.74) is 2.31. The molecule has 0 N–H and O–H groups in total. The largest absolute Gasteiger partial charge is 0.294 e. The minimum atomic E-state index is 0.365. The van der Waals surface area contributed by atoms with Crippen molar-refractivity contribution in [3.63, 3.8) is 0 Å². The molecule has 1 heteroatoms. The molecule has 102 valence electrons.